The van der Waals surface area contributed by atoms with Crippen LogP contribution < -0.4 is 0 Å². The van der Waals surface area contributed by atoms with Gasteiger partial charge in [0.15, 0.2) is 0 Å². The SMILES string of the molecule is Cn1c(-c2ccccc2)nc2cc(-c3ccc4c5c(cccc35)-c3ccccc3-4)ccc21. The summed E-state index contributed by atoms with van der Waals surface area (Å²) in [4.78, 5) is 4.99. The molecule has 0 saturated heterocycles. The zero-order valence-electron chi connectivity index (χ0n) is 17.7. The van der Waals surface area contributed by atoms with Crippen LogP contribution in [0.1, 0.15) is 0 Å². The number of imidazole rings is 1. The van der Waals surface area contributed by atoms with E-state index in [4.69, 9.17) is 4.98 Å². The van der Waals surface area contributed by atoms with Gasteiger partial charge in [-0.1, -0.05) is 91.0 Å². The molecule has 0 amide bonds. The monoisotopic (exact) mass is 408 g/mol. The van der Waals surface area contributed by atoms with Crippen LogP contribution >= 0.6 is 0 Å². The fourth-order valence-electron chi connectivity index (χ4n) is 5.27. The molecule has 0 bridgehead atoms. The summed E-state index contributed by atoms with van der Waals surface area (Å²) in [7, 11) is 2.09. The van der Waals surface area contributed by atoms with Gasteiger partial charge in [0, 0.05) is 12.6 Å². The Balaban J connectivity index is 1.45. The molecule has 0 spiro atoms. The molecule has 1 aromatic heterocycles. The molecule has 2 nitrogen and oxygen atoms in total. The Hall–Kier alpha value is -4.17. The number of hydrogen-bond donors (Lipinski definition) is 0. The van der Waals surface area contributed by atoms with E-state index in [9.17, 15) is 0 Å². The van der Waals surface area contributed by atoms with Gasteiger partial charge in [-0.15, -0.1) is 0 Å². The normalized spacial score (nSPS) is 11.9. The van der Waals surface area contributed by atoms with Crippen LogP contribution in [0.15, 0.2) is 103 Å². The summed E-state index contributed by atoms with van der Waals surface area (Å²) in [6.07, 6.45) is 0. The maximum absolute atomic E-state index is 4.99. The van der Waals surface area contributed by atoms with Crippen molar-refractivity contribution in [3.63, 3.8) is 0 Å². The van der Waals surface area contributed by atoms with Gasteiger partial charge in [-0.3, -0.25) is 0 Å². The largest absolute Gasteiger partial charge is 0.327 e. The van der Waals surface area contributed by atoms with Crippen LogP contribution in [-0.2, 0) is 7.05 Å². The van der Waals surface area contributed by atoms with Gasteiger partial charge in [-0.25, -0.2) is 4.98 Å². The van der Waals surface area contributed by atoms with E-state index in [0.717, 1.165) is 22.4 Å². The zero-order chi connectivity index (χ0) is 21.2. The lowest BCUT2D eigenvalue weighted by Crippen LogP contribution is -1.91. The number of aryl methyl sites for hydroxylation is 1. The van der Waals surface area contributed by atoms with Crippen molar-refractivity contribution in [1.29, 1.82) is 0 Å². The highest BCUT2D eigenvalue weighted by molar-refractivity contribution is 6.18. The summed E-state index contributed by atoms with van der Waals surface area (Å²) in [5, 5.41) is 2.66. The highest BCUT2D eigenvalue weighted by Gasteiger charge is 2.22. The van der Waals surface area contributed by atoms with E-state index in [2.05, 4.69) is 109 Å². The molecule has 0 aliphatic heterocycles. The molecule has 32 heavy (non-hydrogen) atoms. The summed E-state index contributed by atoms with van der Waals surface area (Å²) in [6.45, 7) is 0. The Kier molecular flexibility index (Phi) is 3.51. The second kappa shape index (κ2) is 6.41. The number of nitrogens with zero attached hydrogens (tertiary/aromatic N) is 2. The maximum atomic E-state index is 4.99. The van der Waals surface area contributed by atoms with Gasteiger partial charge >= 0.3 is 0 Å². The van der Waals surface area contributed by atoms with Crippen LogP contribution in [0.5, 0.6) is 0 Å². The summed E-state index contributed by atoms with van der Waals surface area (Å²) in [5.74, 6) is 0.994. The van der Waals surface area contributed by atoms with Crippen molar-refractivity contribution in [2.45, 2.75) is 0 Å². The smallest absolute Gasteiger partial charge is 0.140 e. The van der Waals surface area contributed by atoms with Crippen LogP contribution in [0, 0.1) is 0 Å². The predicted molar refractivity (Wildman–Crippen MR) is 134 cm³/mol. The van der Waals surface area contributed by atoms with Crippen molar-refractivity contribution >= 4 is 21.8 Å². The molecule has 0 unspecified atom stereocenters. The molecular formula is C30H20N2. The van der Waals surface area contributed by atoms with E-state index in [0.29, 0.717) is 0 Å². The van der Waals surface area contributed by atoms with Crippen LogP contribution in [0.25, 0.3) is 66.6 Å². The molecule has 0 saturated carbocycles. The summed E-state index contributed by atoms with van der Waals surface area (Å²) >= 11 is 0. The lowest BCUT2D eigenvalue weighted by molar-refractivity contribution is 0.959. The molecule has 0 radical (unpaired) electrons. The molecule has 0 atom stereocenters. The molecule has 1 aliphatic carbocycles. The van der Waals surface area contributed by atoms with E-state index in [1.165, 1.54) is 44.2 Å². The third-order valence-corrected chi connectivity index (χ3v) is 6.77. The second-order valence-electron chi connectivity index (χ2n) is 8.50. The first-order valence-electron chi connectivity index (χ1n) is 11.0. The number of rotatable bonds is 2. The first-order chi connectivity index (χ1) is 15.8. The lowest BCUT2D eigenvalue weighted by atomic mass is 9.94. The van der Waals surface area contributed by atoms with Crippen molar-refractivity contribution in [3.05, 3.63) is 103 Å². The Bertz CT molecular complexity index is 1640. The zero-order valence-corrected chi connectivity index (χ0v) is 17.7. The van der Waals surface area contributed by atoms with Crippen molar-refractivity contribution in [2.24, 2.45) is 7.05 Å². The Labute approximate surface area is 186 Å². The van der Waals surface area contributed by atoms with Gasteiger partial charge < -0.3 is 4.57 Å². The Morgan fingerprint density at radius 3 is 2.06 bits per heavy atom. The third kappa shape index (κ3) is 2.32. The summed E-state index contributed by atoms with van der Waals surface area (Å²) < 4.78 is 2.18. The fraction of sp³-hybridized carbons (Fsp3) is 0.0333. The molecule has 6 aromatic rings. The van der Waals surface area contributed by atoms with E-state index in [1.807, 2.05) is 6.07 Å². The van der Waals surface area contributed by atoms with Crippen molar-refractivity contribution < 1.29 is 0 Å². The highest BCUT2D eigenvalue weighted by atomic mass is 15.1. The lowest BCUT2D eigenvalue weighted by Gasteiger charge is -2.10. The van der Waals surface area contributed by atoms with Gasteiger partial charge in [0.25, 0.3) is 0 Å². The molecule has 0 fully saturated rings. The maximum Gasteiger partial charge on any atom is 0.140 e. The second-order valence-corrected chi connectivity index (χ2v) is 8.50. The van der Waals surface area contributed by atoms with Gasteiger partial charge in [0.2, 0.25) is 0 Å². The molecule has 150 valence electrons. The molecule has 2 heteroatoms. The van der Waals surface area contributed by atoms with E-state index < -0.39 is 0 Å². The minimum absolute atomic E-state index is 0.994. The fourth-order valence-corrected chi connectivity index (χ4v) is 5.27. The van der Waals surface area contributed by atoms with Crippen LogP contribution in [0.3, 0.4) is 0 Å². The third-order valence-electron chi connectivity index (χ3n) is 6.77. The van der Waals surface area contributed by atoms with E-state index in [-0.39, 0.29) is 0 Å². The van der Waals surface area contributed by atoms with Crippen molar-refractivity contribution in [3.8, 4) is 44.8 Å². The average Bonchev–Trinajstić information content (AvgIpc) is 3.36. The molecule has 7 rings (SSSR count). The average molecular weight is 409 g/mol. The molecular weight excluding hydrogens is 388 g/mol. The first kappa shape index (κ1) is 17.5. The highest BCUT2D eigenvalue weighted by Crippen LogP contribution is 2.49. The van der Waals surface area contributed by atoms with Gasteiger partial charge in [0.1, 0.15) is 5.82 Å². The predicted octanol–water partition coefficient (Wildman–Crippen LogP) is 7.71. The van der Waals surface area contributed by atoms with Crippen molar-refractivity contribution in [1.82, 2.24) is 9.55 Å². The number of hydrogen-bond acceptors (Lipinski definition) is 1. The van der Waals surface area contributed by atoms with Crippen molar-refractivity contribution in [2.75, 3.05) is 0 Å². The molecule has 5 aromatic carbocycles. The van der Waals surface area contributed by atoms with Gasteiger partial charge in [0.05, 0.1) is 11.0 Å². The molecule has 1 aliphatic rings. The summed E-state index contributed by atoms with van der Waals surface area (Å²) in [6, 6.07) is 37.0. The minimum atomic E-state index is 0.994. The number of benzene rings is 5. The number of fused-ring (bicyclic) bond motifs is 4. The van der Waals surface area contributed by atoms with Crippen LogP contribution in [-0.4, -0.2) is 9.55 Å². The van der Waals surface area contributed by atoms with Crippen LogP contribution in [0.2, 0.25) is 0 Å². The van der Waals surface area contributed by atoms with E-state index in [1.54, 1.807) is 0 Å². The molecule has 0 N–H and O–H groups in total. The number of aromatic nitrogens is 2. The Morgan fingerprint density at radius 2 is 1.25 bits per heavy atom. The van der Waals surface area contributed by atoms with Gasteiger partial charge in [-0.05, 0) is 56.3 Å². The Morgan fingerprint density at radius 1 is 0.562 bits per heavy atom. The minimum Gasteiger partial charge on any atom is -0.327 e. The first-order valence-corrected chi connectivity index (χ1v) is 11.0. The van der Waals surface area contributed by atoms with E-state index >= 15 is 0 Å². The van der Waals surface area contributed by atoms with Crippen LogP contribution in [0.4, 0.5) is 0 Å². The van der Waals surface area contributed by atoms with Gasteiger partial charge in [-0.2, -0.15) is 0 Å². The summed E-state index contributed by atoms with van der Waals surface area (Å²) in [5.41, 5.74) is 11.1. The standard InChI is InChI=1S/C30H20N2/c1-32-28-17-14-20(18-27(28)31-30(32)19-8-3-2-4-9-19)21-15-16-26-23-11-6-5-10-22(23)25-13-7-12-24(21)29(25)26/h2-18H,1H3. The molecule has 1 heterocycles. The topological polar surface area (TPSA) is 17.8 Å². The quantitative estimate of drug-likeness (QED) is 0.286.